The Bertz CT molecular complexity index is 1190. The second-order valence-corrected chi connectivity index (χ2v) is 8.42. The van der Waals surface area contributed by atoms with Crippen LogP contribution in [0.3, 0.4) is 0 Å². The van der Waals surface area contributed by atoms with Crippen molar-refractivity contribution in [2.75, 3.05) is 18.5 Å². The van der Waals surface area contributed by atoms with Crippen LogP contribution in [0.15, 0.2) is 72.8 Å². The molecule has 0 aromatic heterocycles. The van der Waals surface area contributed by atoms with Gasteiger partial charge < -0.3 is 14.7 Å². The first-order chi connectivity index (χ1) is 16.4. The van der Waals surface area contributed by atoms with Crippen molar-refractivity contribution in [3.05, 3.63) is 89.5 Å². The summed E-state index contributed by atoms with van der Waals surface area (Å²) >= 11 is 0. The molecular weight excluding hydrogens is 432 g/mol. The first-order valence-electron chi connectivity index (χ1n) is 11.1. The number of hydrogen-bond acceptors (Lipinski definition) is 4. The minimum absolute atomic E-state index is 0.0815. The van der Waals surface area contributed by atoms with Crippen LogP contribution in [0.1, 0.15) is 41.3 Å². The summed E-state index contributed by atoms with van der Waals surface area (Å²) in [4.78, 5) is 38.2. The summed E-state index contributed by atoms with van der Waals surface area (Å²) < 4.78 is 5.58. The Labute approximate surface area is 198 Å². The van der Waals surface area contributed by atoms with Crippen LogP contribution in [-0.2, 0) is 9.53 Å². The lowest BCUT2D eigenvalue weighted by Crippen LogP contribution is -2.41. The summed E-state index contributed by atoms with van der Waals surface area (Å²) in [6, 6.07) is 22.3. The Morgan fingerprint density at radius 3 is 2.06 bits per heavy atom. The molecule has 1 aliphatic rings. The van der Waals surface area contributed by atoms with Crippen LogP contribution >= 0.6 is 0 Å². The van der Waals surface area contributed by atoms with E-state index >= 15 is 0 Å². The van der Waals surface area contributed by atoms with Gasteiger partial charge in [0.1, 0.15) is 13.2 Å². The van der Waals surface area contributed by atoms with Crippen LogP contribution in [0.5, 0.6) is 0 Å². The number of nitrogens with zero attached hydrogens (tertiary/aromatic N) is 1. The van der Waals surface area contributed by atoms with Crippen molar-refractivity contribution in [3.8, 4) is 11.1 Å². The molecule has 34 heavy (non-hydrogen) atoms. The van der Waals surface area contributed by atoms with Crippen LogP contribution in [0.2, 0.25) is 0 Å². The van der Waals surface area contributed by atoms with Gasteiger partial charge in [0.05, 0.1) is 11.3 Å². The van der Waals surface area contributed by atoms with Crippen molar-refractivity contribution in [2.45, 2.75) is 25.8 Å². The van der Waals surface area contributed by atoms with E-state index in [1.165, 1.54) is 4.90 Å². The highest BCUT2D eigenvalue weighted by Crippen LogP contribution is 2.44. The van der Waals surface area contributed by atoms with Crippen LogP contribution in [0, 0.1) is 0 Å². The van der Waals surface area contributed by atoms with Crippen molar-refractivity contribution in [1.29, 1.82) is 0 Å². The third-order valence-electron chi connectivity index (χ3n) is 5.93. The minimum Gasteiger partial charge on any atom is -0.480 e. The Hall–Kier alpha value is -4.13. The van der Waals surface area contributed by atoms with E-state index in [4.69, 9.17) is 4.74 Å². The van der Waals surface area contributed by atoms with Crippen molar-refractivity contribution in [1.82, 2.24) is 4.90 Å². The zero-order valence-electron chi connectivity index (χ0n) is 19.0. The van der Waals surface area contributed by atoms with Crippen molar-refractivity contribution in [3.63, 3.8) is 0 Å². The second kappa shape index (κ2) is 9.79. The largest absolute Gasteiger partial charge is 0.480 e. The highest BCUT2D eigenvalue weighted by molar-refractivity contribution is 6.03. The van der Waals surface area contributed by atoms with E-state index in [1.54, 1.807) is 38.1 Å². The molecule has 4 rings (SSSR count). The van der Waals surface area contributed by atoms with Crippen LogP contribution in [0.25, 0.3) is 11.1 Å². The van der Waals surface area contributed by atoms with E-state index < -0.39 is 24.5 Å². The lowest BCUT2D eigenvalue weighted by molar-refractivity contribution is -0.138. The fourth-order valence-electron chi connectivity index (χ4n) is 4.31. The number of benzene rings is 3. The lowest BCUT2D eigenvalue weighted by Gasteiger charge is -2.26. The Balaban J connectivity index is 1.49. The molecule has 2 N–H and O–H groups in total. The van der Waals surface area contributed by atoms with Gasteiger partial charge in [0.15, 0.2) is 0 Å². The van der Waals surface area contributed by atoms with Crippen molar-refractivity contribution in [2.24, 2.45) is 0 Å². The zero-order chi connectivity index (χ0) is 24.2. The number of carbonyl (C=O) groups is 3. The average molecular weight is 459 g/mol. The van der Waals surface area contributed by atoms with Crippen molar-refractivity contribution >= 4 is 23.7 Å². The van der Waals surface area contributed by atoms with Gasteiger partial charge in [-0.3, -0.25) is 14.9 Å². The number of ether oxygens (including phenoxy) is 1. The Kier molecular flexibility index (Phi) is 6.63. The molecule has 174 valence electrons. The maximum absolute atomic E-state index is 13.0. The van der Waals surface area contributed by atoms with Gasteiger partial charge in [-0.2, -0.15) is 0 Å². The number of carboxylic acids is 1. The molecule has 0 atom stereocenters. The first kappa shape index (κ1) is 23.0. The Morgan fingerprint density at radius 2 is 1.47 bits per heavy atom. The molecule has 3 aromatic carbocycles. The molecule has 0 saturated heterocycles. The summed E-state index contributed by atoms with van der Waals surface area (Å²) in [5.41, 5.74) is 4.94. The molecule has 0 bridgehead atoms. The molecule has 0 heterocycles. The van der Waals surface area contributed by atoms with Gasteiger partial charge in [-0.1, -0.05) is 60.7 Å². The monoisotopic (exact) mass is 458 g/mol. The second-order valence-electron chi connectivity index (χ2n) is 8.42. The van der Waals surface area contributed by atoms with E-state index in [2.05, 4.69) is 17.4 Å². The predicted octanol–water partition coefficient (Wildman–Crippen LogP) is 4.98. The van der Waals surface area contributed by atoms with Gasteiger partial charge >= 0.3 is 12.1 Å². The normalized spacial score (nSPS) is 12.1. The number of nitrogens with one attached hydrogen (secondary N) is 1. The van der Waals surface area contributed by atoms with Crippen LogP contribution in [-0.4, -0.2) is 47.2 Å². The topological polar surface area (TPSA) is 95.9 Å². The number of para-hydroxylation sites is 1. The zero-order valence-corrected chi connectivity index (χ0v) is 19.0. The summed E-state index contributed by atoms with van der Waals surface area (Å²) in [7, 11) is 0. The minimum atomic E-state index is -1.11. The Morgan fingerprint density at radius 1 is 0.912 bits per heavy atom. The highest BCUT2D eigenvalue weighted by atomic mass is 16.5. The molecule has 0 unspecified atom stereocenters. The smallest absolute Gasteiger partial charge is 0.411 e. The third-order valence-corrected chi connectivity index (χ3v) is 5.93. The number of amides is 2. The van der Waals surface area contributed by atoms with Crippen LogP contribution in [0.4, 0.5) is 10.5 Å². The van der Waals surface area contributed by atoms with Gasteiger partial charge in [-0.05, 0) is 48.2 Å². The molecule has 0 aliphatic heterocycles. The summed E-state index contributed by atoms with van der Waals surface area (Å²) in [5, 5.41) is 11.8. The van der Waals surface area contributed by atoms with Gasteiger partial charge in [0.25, 0.3) is 5.91 Å². The van der Waals surface area contributed by atoms with Gasteiger partial charge in [0.2, 0.25) is 0 Å². The number of fused-ring (bicyclic) bond motifs is 3. The number of hydrogen-bond donors (Lipinski definition) is 2. The molecule has 0 fully saturated rings. The average Bonchev–Trinajstić information content (AvgIpc) is 3.14. The lowest BCUT2D eigenvalue weighted by atomic mass is 9.98. The molecule has 7 heteroatoms. The first-order valence-corrected chi connectivity index (χ1v) is 11.1. The molecule has 0 saturated carbocycles. The fourth-order valence-corrected chi connectivity index (χ4v) is 4.31. The number of aliphatic carboxylic acids is 1. The standard InChI is InChI=1S/C27H26N2O5/c1-17(2)29(15-25(30)31)26(32)22-13-7-8-14-24(22)28-27(33)34-16-23-20-11-5-3-9-18(20)19-10-4-6-12-21(19)23/h3-14,17,23H,15-16H2,1-2H3,(H,28,33)(H,30,31). The summed E-state index contributed by atoms with van der Waals surface area (Å²) in [6.07, 6.45) is -0.684. The molecule has 7 nitrogen and oxygen atoms in total. The predicted molar refractivity (Wildman–Crippen MR) is 129 cm³/mol. The van der Waals surface area contributed by atoms with Crippen molar-refractivity contribution < 1.29 is 24.2 Å². The summed E-state index contributed by atoms with van der Waals surface area (Å²) in [6.45, 7) is 3.19. The summed E-state index contributed by atoms with van der Waals surface area (Å²) in [5.74, 6) is -1.67. The van der Waals surface area contributed by atoms with E-state index in [0.29, 0.717) is 0 Å². The highest BCUT2D eigenvalue weighted by Gasteiger charge is 2.29. The number of carbonyl (C=O) groups excluding carboxylic acids is 2. The van der Waals surface area contributed by atoms with E-state index in [1.807, 2.05) is 36.4 Å². The molecule has 0 spiro atoms. The maximum atomic E-state index is 13.0. The van der Waals surface area contributed by atoms with Gasteiger partial charge in [-0.25, -0.2) is 4.79 Å². The molecule has 3 aromatic rings. The molecule has 1 aliphatic carbocycles. The molecule has 0 radical (unpaired) electrons. The van der Waals surface area contributed by atoms with E-state index in [0.717, 1.165) is 22.3 Å². The third kappa shape index (κ3) is 4.64. The maximum Gasteiger partial charge on any atom is 0.411 e. The number of anilines is 1. The molecule has 2 amide bonds. The number of carboxylic acid groups (broad SMARTS) is 1. The van der Waals surface area contributed by atoms with E-state index in [-0.39, 0.29) is 29.8 Å². The molecular formula is C27H26N2O5. The number of rotatable bonds is 7. The quantitative estimate of drug-likeness (QED) is 0.520. The van der Waals surface area contributed by atoms with Crippen LogP contribution < -0.4 is 5.32 Å². The van der Waals surface area contributed by atoms with E-state index in [9.17, 15) is 19.5 Å². The SMILES string of the molecule is CC(C)N(CC(=O)O)C(=O)c1ccccc1NC(=O)OCC1c2ccccc2-c2ccccc21. The fraction of sp³-hybridized carbons (Fsp3) is 0.222. The van der Waals surface area contributed by atoms with Gasteiger partial charge in [0, 0.05) is 12.0 Å². The van der Waals surface area contributed by atoms with Gasteiger partial charge in [-0.15, -0.1) is 0 Å².